The van der Waals surface area contributed by atoms with E-state index in [0.29, 0.717) is 11.8 Å². The number of carbonyl (C=O) groups excluding carboxylic acids is 1. The summed E-state index contributed by atoms with van der Waals surface area (Å²) in [5.74, 6) is 1.19. The van der Waals surface area contributed by atoms with Crippen molar-refractivity contribution in [1.29, 1.82) is 0 Å². The molecule has 0 spiro atoms. The lowest BCUT2D eigenvalue weighted by molar-refractivity contribution is -0.112. The topological polar surface area (TPSA) is 49.3 Å². The fraction of sp³-hybridized carbons (Fsp3) is 0.800. The van der Waals surface area contributed by atoms with Crippen molar-refractivity contribution in [1.82, 2.24) is 5.32 Å². The summed E-state index contributed by atoms with van der Waals surface area (Å²) in [6, 6.07) is 0. The molecule has 0 aromatic carbocycles. The van der Waals surface area contributed by atoms with Gasteiger partial charge in [0.25, 0.3) is 0 Å². The molecule has 1 aliphatic carbocycles. The van der Waals surface area contributed by atoms with E-state index in [1.54, 1.807) is 13.0 Å². The van der Waals surface area contributed by atoms with Gasteiger partial charge in [-0.25, -0.2) is 0 Å². The predicted molar refractivity (Wildman–Crippen MR) is 74.1 cm³/mol. The Morgan fingerprint density at radius 3 is 2.33 bits per heavy atom. The Morgan fingerprint density at radius 1 is 1.33 bits per heavy atom. The number of aliphatic hydroxyl groups is 1. The first-order valence-electron chi connectivity index (χ1n) is 6.69. The molecule has 1 aliphatic rings. The molecular weight excluding hydrogens is 226 g/mol. The average Bonchev–Trinajstić information content (AvgIpc) is 2.60. The van der Waals surface area contributed by atoms with Gasteiger partial charge in [-0.2, -0.15) is 0 Å². The average molecular weight is 253 g/mol. The lowest BCUT2D eigenvalue weighted by atomic mass is 9.97. The molecule has 0 saturated heterocycles. The third kappa shape index (κ3) is 4.13. The van der Waals surface area contributed by atoms with Crippen LogP contribution in [0.4, 0.5) is 0 Å². The molecule has 1 rings (SSSR count). The number of rotatable bonds is 6. The van der Waals surface area contributed by atoms with E-state index in [9.17, 15) is 9.90 Å². The molecule has 3 heteroatoms. The third-order valence-electron chi connectivity index (χ3n) is 4.03. The summed E-state index contributed by atoms with van der Waals surface area (Å²) in [5.41, 5.74) is 0.608. The first kappa shape index (κ1) is 15.2. The van der Waals surface area contributed by atoms with Gasteiger partial charge < -0.3 is 10.4 Å². The lowest BCUT2D eigenvalue weighted by Gasteiger charge is -2.17. The van der Waals surface area contributed by atoms with Crippen LogP contribution in [0.2, 0.25) is 0 Å². The smallest absolute Gasteiger partial charge is 0.154 e. The van der Waals surface area contributed by atoms with Crippen molar-refractivity contribution >= 4 is 5.78 Å². The van der Waals surface area contributed by atoms with Crippen molar-refractivity contribution in [2.75, 3.05) is 6.54 Å². The van der Waals surface area contributed by atoms with Gasteiger partial charge in [0.2, 0.25) is 0 Å². The highest BCUT2D eigenvalue weighted by atomic mass is 16.3. The Morgan fingerprint density at radius 2 is 1.89 bits per heavy atom. The van der Waals surface area contributed by atoms with Crippen LogP contribution in [0.3, 0.4) is 0 Å². The van der Waals surface area contributed by atoms with E-state index >= 15 is 0 Å². The third-order valence-corrected chi connectivity index (χ3v) is 4.03. The molecule has 0 aromatic heterocycles. The van der Waals surface area contributed by atoms with E-state index in [2.05, 4.69) is 19.2 Å². The Labute approximate surface area is 111 Å². The van der Waals surface area contributed by atoms with E-state index in [-0.39, 0.29) is 11.2 Å². The minimum atomic E-state index is -0.596. The van der Waals surface area contributed by atoms with Crippen molar-refractivity contribution in [3.05, 3.63) is 11.8 Å². The SMILES string of the molecule is CC(=O)C=C(C)NC[C@@H]1[C@H](CC(C)(C)O)C1(C)C. The Kier molecular flexibility index (Phi) is 4.26. The fourth-order valence-corrected chi connectivity index (χ4v) is 2.83. The van der Waals surface area contributed by atoms with Gasteiger partial charge in [-0.15, -0.1) is 0 Å². The molecule has 0 unspecified atom stereocenters. The van der Waals surface area contributed by atoms with Crippen molar-refractivity contribution in [3.8, 4) is 0 Å². The summed E-state index contributed by atoms with van der Waals surface area (Å²) in [7, 11) is 0. The van der Waals surface area contributed by atoms with Gasteiger partial charge in [-0.3, -0.25) is 4.79 Å². The number of nitrogens with one attached hydrogen (secondary N) is 1. The van der Waals surface area contributed by atoms with E-state index in [1.165, 1.54) is 0 Å². The van der Waals surface area contributed by atoms with E-state index in [4.69, 9.17) is 0 Å². The van der Waals surface area contributed by atoms with Crippen molar-refractivity contribution < 1.29 is 9.90 Å². The maximum atomic E-state index is 10.9. The van der Waals surface area contributed by atoms with E-state index < -0.39 is 5.60 Å². The van der Waals surface area contributed by atoms with Gasteiger partial charge in [-0.05, 0) is 57.4 Å². The summed E-state index contributed by atoms with van der Waals surface area (Å²) >= 11 is 0. The first-order chi connectivity index (χ1) is 8.04. The van der Waals surface area contributed by atoms with Crippen LogP contribution in [0.1, 0.15) is 48.0 Å². The molecular formula is C15H27NO2. The Bertz CT molecular complexity index is 350. The minimum absolute atomic E-state index is 0.0723. The lowest BCUT2D eigenvalue weighted by Crippen LogP contribution is -2.21. The quantitative estimate of drug-likeness (QED) is 0.715. The summed E-state index contributed by atoms with van der Waals surface area (Å²) in [5, 5.41) is 13.2. The highest BCUT2D eigenvalue weighted by Crippen LogP contribution is 2.60. The van der Waals surface area contributed by atoms with Gasteiger partial charge in [0.05, 0.1) is 5.60 Å². The molecule has 1 fully saturated rings. The van der Waals surface area contributed by atoms with Gasteiger partial charge in [0.1, 0.15) is 0 Å². The number of hydrogen-bond acceptors (Lipinski definition) is 3. The van der Waals surface area contributed by atoms with Gasteiger partial charge in [0.15, 0.2) is 5.78 Å². The molecule has 0 aliphatic heterocycles. The number of allylic oxidation sites excluding steroid dienone is 2. The zero-order chi connectivity index (χ0) is 14.1. The van der Waals surface area contributed by atoms with Crippen molar-refractivity contribution in [2.45, 2.75) is 53.6 Å². The van der Waals surface area contributed by atoms with Crippen LogP contribution < -0.4 is 5.32 Å². The van der Waals surface area contributed by atoms with Crippen LogP contribution in [0.25, 0.3) is 0 Å². The molecule has 0 amide bonds. The van der Waals surface area contributed by atoms with Crippen LogP contribution in [0, 0.1) is 17.3 Å². The number of ketones is 1. The molecule has 0 aromatic rings. The van der Waals surface area contributed by atoms with Crippen molar-refractivity contribution in [3.63, 3.8) is 0 Å². The summed E-state index contributed by atoms with van der Waals surface area (Å²) in [6.45, 7) is 12.6. The van der Waals surface area contributed by atoms with Crippen LogP contribution in [-0.4, -0.2) is 23.0 Å². The zero-order valence-electron chi connectivity index (χ0n) is 12.5. The predicted octanol–water partition coefficient (Wildman–Crippen LogP) is 2.50. The second kappa shape index (κ2) is 5.04. The van der Waals surface area contributed by atoms with Crippen LogP contribution >= 0.6 is 0 Å². The highest BCUT2D eigenvalue weighted by molar-refractivity contribution is 5.87. The molecule has 1 saturated carbocycles. The number of carbonyl (C=O) groups is 1. The standard InChI is InChI=1S/C15H27NO2/c1-10(7-11(2)17)16-9-13-12(15(13,5)6)8-14(3,4)18/h7,12-13,16,18H,8-9H2,1-6H3/t12-,13+/m0/s1. The van der Waals surface area contributed by atoms with Crippen LogP contribution in [-0.2, 0) is 4.79 Å². The second-order valence-electron chi connectivity index (χ2n) is 6.87. The summed E-state index contributed by atoms with van der Waals surface area (Å²) in [6.07, 6.45) is 2.46. The first-order valence-corrected chi connectivity index (χ1v) is 6.69. The molecule has 18 heavy (non-hydrogen) atoms. The molecule has 0 radical (unpaired) electrons. The Balaban J connectivity index is 2.47. The highest BCUT2D eigenvalue weighted by Gasteiger charge is 2.57. The van der Waals surface area contributed by atoms with E-state index in [0.717, 1.165) is 18.7 Å². The zero-order valence-corrected chi connectivity index (χ0v) is 12.5. The van der Waals surface area contributed by atoms with Gasteiger partial charge in [0, 0.05) is 12.2 Å². The largest absolute Gasteiger partial charge is 0.390 e. The van der Waals surface area contributed by atoms with E-state index in [1.807, 2.05) is 20.8 Å². The summed E-state index contributed by atoms with van der Waals surface area (Å²) in [4.78, 5) is 10.9. The molecule has 2 N–H and O–H groups in total. The van der Waals surface area contributed by atoms with Crippen LogP contribution in [0.15, 0.2) is 11.8 Å². The normalized spacial score (nSPS) is 26.9. The summed E-state index contributed by atoms with van der Waals surface area (Å²) < 4.78 is 0. The molecule has 3 nitrogen and oxygen atoms in total. The monoisotopic (exact) mass is 253 g/mol. The molecule has 2 atom stereocenters. The van der Waals surface area contributed by atoms with Crippen molar-refractivity contribution in [2.24, 2.45) is 17.3 Å². The van der Waals surface area contributed by atoms with Crippen LogP contribution in [0.5, 0.6) is 0 Å². The Hall–Kier alpha value is -0.830. The van der Waals surface area contributed by atoms with Gasteiger partial charge >= 0.3 is 0 Å². The second-order valence-corrected chi connectivity index (χ2v) is 6.87. The molecule has 104 valence electrons. The number of hydrogen-bond donors (Lipinski definition) is 2. The van der Waals surface area contributed by atoms with Gasteiger partial charge in [-0.1, -0.05) is 13.8 Å². The molecule has 0 bridgehead atoms. The molecule has 0 heterocycles. The minimum Gasteiger partial charge on any atom is -0.390 e. The maximum absolute atomic E-state index is 10.9. The fourth-order valence-electron chi connectivity index (χ4n) is 2.83. The maximum Gasteiger partial charge on any atom is 0.154 e.